The van der Waals surface area contributed by atoms with Gasteiger partial charge < -0.3 is 4.42 Å². The minimum Gasteiger partial charge on any atom is -0.472 e. The molecule has 1 fully saturated rings. The molecule has 0 amide bonds. The molecular weight excluding hydrogens is 164 g/mol. The van der Waals surface area contributed by atoms with Gasteiger partial charge in [0.2, 0.25) is 0 Å². The molecule has 1 aliphatic heterocycles. The van der Waals surface area contributed by atoms with Crippen LogP contribution in [0.25, 0.3) is 0 Å². The predicted octanol–water partition coefficient (Wildman–Crippen LogP) is 2.10. The predicted molar refractivity (Wildman–Crippen MR) is 51.7 cm³/mol. The normalized spacial score (nSPS) is 18.3. The lowest BCUT2D eigenvalue weighted by Crippen LogP contribution is -2.24. The Bertz CT molecular complexity index is 260. The molecule has 2 heterocycles. The second-order valence-electron chi connectivity index (χ2n) is 3.32. The van der Waals surface area contributed by atoms with Crippen LogP contribution in [0.3, 0.4) is 0 Å². The van der Waals surface area contributed by atoms with Gasteiger partial charge >= 0.3 is 0 Å². The minimum absolute atomic E-state index is 1.03. The van der Waals surface area contributed by atoms with Crippen molar-refractivity contribution in [3.05, 3.63) is 24.2 Å². The lowest BCUT2D eigenvalue weighted by molar-refractivity contribution is 0.240. The standard InChI is InChI=1S/C10H14N2O/c1-2-5-12(6-3-1)11-8-10-4-7-13-9-10/h4,7-9H,1-3,5-6H2/b11-8+. The van der Waals surface area contributed by atoms with Gasteiger partial charge in [0.25, 0.3) is 0 Å². The highest BCUT2D eigenvalue weighted by Crippen LogP contribution is 2.08. The molecule has 0 bridgehead atoms. The first-order valence-corrected chi connectivity index (χ1v) is 4.76. The van der Waals surface area contributed by atoms with Crippen LogP contribution in [0.4, 0.5) is 0 Å². The quantitative estimate of drug-likeness (QED) is 0.649. The molecule has 3 nitrogen and oxygen atoms in total. The molecule has 1 aliphatic rings. The Morgan fingerprint density at radius 1 is 1.31 bits per heavy atom. The van der Waals surface area contributed by atoms with Crippen molar-refractivity contribution in [2.75, 3.05) is 13.1 Å². The Kier molecular flexibility index (Phi) is 2.65. The second-order valence-corrected chi connectivity index (χ2v) is 3.32. The summed E-state index contributed by atoms with van der Waals surface area (Å²) in [4.78, 5) is 0. The molecular formula is C10H14N2O. The zero-order valence-electron chi connectivity index (χ0n) is 7.65. The second kappa shape index (κ2) is 4.12. The summed E-state index contributed by atoms with van der Waals surface area (Å²) in [6, 6.07) is 1.91. The van der Waals surface area contributed by atoms with Crippen molar-refractivity contribution < 1.29 is 4.42 Å². The third kappa shape index (κ3) is 2.34. The summed E-state index contributed by atoms with van der Waals surface area (Å²) < 4.78 is 4.94. The molecule has 0 N–H and O–H groups in total. The highest BCUT2D eigenvalue weighted by atomic mass is 16.3. The molecule has 1 saturated heterocycles. The van der Waals surface area contributed by atoms with E-state index >= 15 is 0 Å². The Balaban J connectivity index is 1.89. The molecule has 1 aromatic rings. The van der Waals surface area contributed by atoms with Crippen molar-refractivity contribution in [2.45, 2.75) is 19.3 Å². The maximum Gasteiger partial charge on any atom is 0.0991 e. The third-order valence-corrected chi connectivity index (χ3v) is 2.25. The van der Waals surface area contributed by atoms with Crippen molar-refractivity contribution in [2.24, 2.45) is 5.10 Å². The van der Waals surface area contributed by atoms with Crippen LogP contribution < -0.4 is 0 Å². The summed E-state index contributed by atoms with van der Waals surface area (Å²) >= 11 is 0. The van der Waals surface area contributed by atoms with Gasteiger partial charge in [-0.15, -0.1) is 0 Å². The summed E-state index contributed by atoms with van der Waals surface area (Å²) in [6.07, 6.45) is 9.10. The van der Waals surface area contributed by atoms with Crippen LogP contribution >= 0.6 is 0 Å². The van der Waals surface area contributed by atoms with Gasteiger partial charge in [-0.3, -0.25) is 5.01 Å². The fraction of sp³-hybridized carbons (Fsp3) is 0.500. The fourth-order valence-electron chi connectivity index (χ4n) is 1.49. The number of nitrogens with zero attached hydrogens (tertiary/aromatic N) is 2. The Morgan fingerprint density at radius 3 is 2.85 bits per heavy atom. The first-order valence-electron chi connectivity index (χ1n) is 4.76. The van der Waals surface area contributed by atoms with E-state index < -0.39 is 0 Å². The van der Waals surface area contributed by atoms with Crippen LogP contribution in [0.15, 0.2) is 28.1 Å². The molecule has 70 valence electrons. The first-order chi connectivity index (χ1) is 6.45. The van der Waals surface area contributed by atoms with Gasteiger partial charge in [0.15, 0.2) is 0 Å². The minimum atomic E-state index is 1.03. The van der Waals surface area contributed by atoms with Gasteiger partial charge in [0.1, 0.15) is 0 Å². The van der Waals surface area contributed by atoms with Crippen molar-refractivity contribution in [3.8, 4) is 0 Å². The van der Waals surface area contributed by atoms with Crippen LogP contribution in [-0.2, 0) is 0 Å². The highest BCUT2D eigenvalue weighted by molar-refractivity contribution is 5.78. The molecule has 1 aromatic heterocycles. The van der Waals surface area contributed by atoms with E-state index in [0.29, 0.717) is 0 Å². The van der Waals surface area contributed by atoms with Gasteiger partial charge in [0, 0.05) is 18.7 Å². The van der Waals surface area contributed by atoms with E-state index in [0.717, 1.165) is 18.7 Å². The van der Waals surface area contributed by atoms with Crippen molar-refractivity contribution >= 4 is 6.21 Å². The molecule has 0 radical (unpaired) electrons. The molecule has 0 aliphatic carbocycles. The Hall–Kier alpha value is -1.25. The average molecular weight is 178 g/mol. The van der Waals surface area contributed by atoms with E-state index in [1.807, 2.05) is 12.3 Å². The topological polar surface area (TPSA) is 28.7 Å². The number of hydrazone groups is 1. The summed E-state index contributed by atoms with van der Waals surface area (Å²) in [5.74, 6) is 0. The van der Waals surface area contributed by atoms with Gasteiger partial charge in [-0.05, 0) is 25.3 Å². The molecule has 0 saturated carbocycles. The molecule has 0 atom stereocenters. The molecule has 0 spiro atoms. The van der Waals surface area contributed by atoms with Gasteiger partial charge in [-0.1, -0.05) is 0 Å². The lowest BCUT2D eigenvalue weighted by Gasteiger charge is -2.22. The Morgan fingerprint density at radius 2 is 2.15 bits per heavy atom. The monoisotopic (exact) mass is 178 g/mol. The smallest absolute Gasteiger partial charge is 0.0991 e. The summed E-state index contributed by atoms with van der Waals surface area (Å²) in [5.41, 5.74) is 1.03. The largest absolute Gasteiger partial charge is 0.472 e. The van der Waals surface area contributed by atoms with Crippen LogP contribution in [0, 0.1) is 0 Å². The van der Waals surface area contributed by atoms with Crippen LogP contribution in [0.1, 0.15) is 24.8 Å². The average Bonchev–Trinajstić information content (AvgIpc) is 2.69. The van der Waals surface area contributed by atoms with E-state index in [4.69, 9.17) is 4.42 Å². The van der Waals surface area contributed by atoms with E-state index in [-0.39, 0.29) is 0 Å². The maximum absolute atomic E-state index is 4.94. The lowest BCUT2D eigenvalue weighted by atomic mass is 10.2. The number of hydrogen-bond donors (Lipinski definition) is 0. The molecule has 13 heavy (non-hydrogen) atoms. The third-order valence-electron chi connectivity index (χ3n) is 2.25. The summed E-state index contributed by atoms with van der Waals surface area (Å²) in [5, 5.41) is 6.50. The zero-order valence-corrected chi connectivity index (χ0v) is 7.65. The van der Waals surface area contributed by atoms with Gasteiger partial charge in [0.05, 0.1) is 18.7 Å². The van der Waals surface area contributed by atoms with E-state index in [9.17, 15) is 0 Å². The highest BCUT2D eigenvalue weighted by Gasteiger charge is 2.05. The maximum atomic E-state index is 4.94. The summed E-state index contributed by atoms with van der Waals surface area (Å²) in [7, 11) is 0. The number of hydrogen-bond acceptors (Lipinski definition) is 3. The summed E-state index contributed by atoms with van der Waals surface area (Å²) in [6.45, 7) is 2.18. The first kappa shape index (κ1) is 8.35. The molecule has 0 aromatic carbocycles. The van der Waals surface area contributed by atoms with E-state index in [2.05, 4.69) is 10.1 Å². The van der Waals surface area contributed by atoms with E-state index in [1.165, 1.54) is 19.3 Å². The molecule has 0 unspecified atom stereocenters. The van der Waals surface area contributed by atoms with Crippen molar-refractivity contribution in [3.63, 3.8) is 0 Å². The fourth-order valence-corrected chi connectivity index (χ4v) is 1.49. The van der Waals surface area contributed by atoms with Crippen LogP contribution in [-0.4, -0.2) is 24.3 Å². The van der Waals surface area contributed by atoms with Gasteiger partial charge in [-0.2, -0.15) is 5.10 Å². The number of rotatable bonds is 2. The molecule has 2 rings (SSSR count). The zero-order chi connectivity index (χ0) is 8.93. The van der Waals surface area contributed by atoms with Crippen LogP contribution in [0.2, 0.25) is 0 Å². The SMILES string of the molecule is C(=N\N1CCCCC1)/c1ccoc1. The van der Waals surface area contributed by atoms with Gasteiger partial charge in [-0.25, -0.2) is 0 Å². The van der Waals surface area contributed by atoms with Crippen LogP contribution in [0.5, 0.6) is 0 Å². The Labute approximate surface area is 78.0 Å². The number of piperidine rings is 1. The molecule has 3 heteroatoms. The number of furan rings is 1. The van der Waals surface area contributed by atoms with Crippen molar-refractivity contribution in [1.29, 1.82) is 0 Å². The van der Waals surface area contributed by atoms with Crippen molar-refractivity contribution in [1.82, 2.24) is 5.01 Å². The van der Waals surface area contributed by atoms with E-state index in [1.54, 1.807) is 12.5 Å².